The Bertz CT molecular complexity index is 2190. The largest absolute Gasteiger partial charge is 0.524 e. The second kappa shape index (κ2) is 21.3. The molecule has 5 fully saturated rings. The Morgan fingerprint density at radius 3 is 2.47 bits per heavy atom. The van der Waals surface area contributed by atoms with Crippen molar-refractivity contribution in [2.24, 2.45) is 34.5 Å². The van der Waals surface area contributed by atoms with E-state index in [1.54, 1.807) is 24.3 Å². The maximum absolute atomic E-state index is 14.1. The van der Waals surface area contributed by atoms with E-state index >= 15 is 0 Å². The molecule has 2 aromatic rings. The smallest absolute Gasteiger partial charge is 0.404 e. The molecule has 68 heavy (non-hydrogen) atoms. The zero-order valence-corrected chi connectivity index (χ0v) is 41.2. The Morgan fingerprint density at radius 2 is 1.74 bits per heavy atom. The normalized spacial score (nSPS) is 34.7. The van der Waals surface area contributed by atoms with Gasteiger partial charge in [-0.3, -0.25) is 19.4 Å². The van der Waals surface area contributed by atoms with Crippen molar-refractivity contribution >= 4 is 19.4 Å². The Kier molecular flexibility index (Phi) is 16.1. The number of fused-ring (bicyclic) bond motifs is 7. The number of nitrogens with zero attached hydrogens (tertiary/aromatic N) is 1. The van der Waals surface area contributed by atoms with Crippen molar-refractivity contribution in [1.82, 2.24) is 5.32 Å². The molecular weight excluding hydrogens is 888 g/mol. The highest BCUT2D eigenvalue weighted by atomic mass is 31.2. The fourth-order valence-corrected chi connectivity index (χ4v) is 14.0. The number of aryl methyl sites for hydroxylation is 1. The number of phosphoric acid groups is 1. The predicted molar refractivity (Wildman–Crippen MR) is 256 cm³/mol. The summed E-state index contributed by atoms with van der Waals surface area (Å²) in [4.78, 5) is 46.2. The van der Waals surface area contributed by atoms with Gasteiger partial charge in [0.1, 0.15) is 18.9 Å². The van der Waals surface area contributed by atoms with Crippen molar-refractivity contribution in [2.75, 3.05) is 53.0 Å². The molecule has 15 heteroatoms. The third-order valence-corrected chi connectivity index (χ3v) is 17.5. The number of ketones is 2. The number of ether oxygens (including phenoxy) is 3. The summed E-state index contributed by atoms with van der Waals surface area (Å²) in [6.07, 6.45) is 13.6. The molecule has 0 radical (unpaired) electrons. The Morgan fingerprint density at radius 1 is 1.00 bits per heavy atom. The molecule has 6 aliphatic rings. The number of quaternary nitrogens is 1. The lowest BCUT2D eigenvalue weighted by atomic mass is 9.46. The summed E-state index contributed by atoms with van der Waals surface area (Å²) in [7, 11) is -2.82. The van der Waals surface area contributed by atoms with Crippen LogP contribution in [0.5, 0.6) is 5.75 Å². The number of unbranched alkanes of at least 4 members (excludes halogenated alkanes) is 4. The van der Waals surface area contributed by atoms with Crippen LogP contribution in [-0.2, 0) is 41.3 Å². The minimum atomic E-state index is -4.92. The third kappa shape index (κ3) is 10.7. The fraction of sp³-hybridized carbons (Fsp3) is 0.660. The molecule has 2 unspecified atom stereocenters. The van der Waals surface area contributed by atoms with Crippen LogP contribution in [0.25, 0.3) is 0 Å². The number of aliphatic hydroxyl groups is 3. The predicted octanol–water partition coefficient (Wildman–Crippen LogP) is 6.67. The lowest BCUT2D eigenvalue weighted by Gasteiger charge is -2.59. The van der Waals surface area contributed by atoms with Crippen LogP contribution in [0, 0.1) is 34.5 Å². The van der Waals surface area contributed by atoms with Crippen LogP contribution in [-0.4, -0.2) is 118 Å². The van der Waals surface area contributed by atoms with Gasteiger partial charge in [-0.05, 0) is 112 Å². The number of rotatable bonds is 22. The summed E-state index contributed by atoms with van der Waals surface area (Å²) in [5.41, 5.74) is 0.912. The number of nitrogens with one attached hydrogen (secondary N) is 1. The number of hydrogen-bond acceptors (Lipinski definition) is 11. The SMILES string of the molecule is C[C@]12C=CC(=O)C=C1CC[C@@H]1[C@@H]2[C@@H](O)C[C@@]2(C)[C@H]1C[C@H]1OC(C3CC[N+](C)(Cc4ccc(C(O)CNCCCCCCOCCCCc5ccccc5)cc4OP(=O)(O)O)CC3)O[C@]12C(=O)CO. The number of phosphoric ester groups is 1. The third-order valence-electron chi connectivity index (χ3n) is 17.1. The number of carbonyl (C=O) groups excluding carboxylic acids is 2. The number of hydrogen-bond donors (Lipinski definition) is 6. The Labute approximate surface area is 402 Å². The summed E-state index contributed by atoms with van der Waals surface area (Å²) in [5.74, 6) is -0.453. The van der Waals surface area contributed by atoms with E-state index in [9.17, 15) is 39.3 Å². The second-order valence-electron chi connectivity index (χ2n) is 21.6. The highest BCUT2D eigenvalue weighted by Gasteiger charge is 2.76. The van der Waals surface area contributed by atoms with Gasteiger partial charge in [0.15, 0.2) is 23.5 Å². The van der Waals surface area contributed by atoms with Gasteiger partial charge in [-0.15, -0.1) is 0 Å². The van der Waals surface area contributed by atoms with Crippen LogP contribution in [0.1, 0.15) is 114 Å². The first-order valence-corrected chi connectivity index (χ1v) is 26.8. The van der Waals surface area contributed by atoms with E-state index in [1.807, 2.05) is 19.1 Å². The van der Waals surface area contributed by atoms with Gasteiger partial charge in [-0.2, -0.15) is 0 Å². The molecule has 6 N–H and O–H groups in total. The molecule has 14 nitrogen and oxygen atoms in total. The van der Waals surface area contributed by atoms with E-state index in [2.05, 4.69) is 43.6 Å². The monoisotopic (exact) mass is 964 g/mol. The number of aliphatic hydroxyl groups excluding tert-OH is 3. The van der Waals surface area contributed by atoms with Gasteiger partial charge >= 0.3 is 7.82 Å². The number of likely N-dealkylation sites (tertiary alicyclic amines) is 1. The molecule has 10 atom stereocenters. The molecule has 0 aromatic heterocycles. The van der Waals surface area contributed by atoms with E-state index in [-0.39, 0.29) is 41.7 Å². The van der Waals surface area contributed by atoms with E-state index < -0.39 is 61.2 Å². The Hall–Kier alpha value is -3.11. The van der Waals surface area contributed by atoms with Crippen molar-refractivity contribution in [2.45, 2.75) is 134 Å². The average molecular weight is 964 g/mol. The zero-order chi connectivity index (χ0) is 48.3. The Balaban J connectivity index is 0.814. The van der Waals surface area contributed by atoms with Crippen LogP contribution < -0.4 is 9.84 Å². The summed E-state index contributed by atoms with van der Waals surface area (Å²) >= 11 is 0. The summed E-state index contributed by atoms with van der Waals surface area (Å²) in [6, 6.07) is 15.6. The number of benzene rings is 2. The average Bonchev–Trinajstić information content (AvgIpc) is 3.81. The molecular formula is C53H76N2O12P+. The molecule has 0 bridgehead atoms. The van der Waals surface area contributed by atoms with Crippen molar-refractivity contribution < 1.29 is 62.5 Å². The van der Waals surface area contributed by atoms with Crippen molar-refractivity contribution in [3.05, 3.63) is 89.0 Å². The first-order chi connectivity index (χ1) is 32.5. The molecule has 374 valence electrons. The number of piperidine rings is 1. The van der Waals surface area contributed by atoms with Gasteiger partial charge in [-0.25, -0.2) is 4.57 Å². The summed E-state index contributed by atoms with van der Waals surface area (Å²) in [6.45, 7) is 7.87. The summed E-state index contributed by atoms with van der Waals surface area (Å²) in [5, 5.41) is 36.9. The quantitative estimate of drug-likeness (QED) is 0.0416. The zero-order valence-electron chi connectivity index (χ0n) is 40.3. The van der Waals surface area contributed by atoms with E-state index in [0.29, 0.717) is 60.9 Å². The van der Waals surface area contributed by atoms with Crippen LogP contribution in [0.15, 0.2) is 72.3 Å². The molecule has 2 saturated heterocycles. The number of allylic oxidation sites excluding steroid dienone is 4. The van der Waals surface area contributed by atoms with Gasteiger partial charge in [0, 0.05) is 60.8 Å². The molecule has 2 aromatic carbocycles. The lowest BCUT2D eigenvalue weighted by Crippen LogP contribution is -2.63. The van der Waals surface area contributed by atoms with Gasteiger partial charge in [-0.1, -0.05) is 74.7 Å². The fourth-order valence-electron chi connectivity index (χ4n) is 13.5. The van der Waals surface area contributed by atoms with Gasteiger partial charge in [0.25, 0.3) is 0 Å². The first-order valence-electron chi connectivity index (χ1n) is 25.3. The highest BCUT2D eigenvalue weighted by molar-refractivity contribution is 7.46. The molecule has 2 aliphatic heterocycles. The minimum Gasteiger partial charge on any atom is -0.404 e. The van der Waals surface area contributed by atoms with Crippen LogP contribution in [0.4, 0.5) is 0 Å². The first kappa shape index (κ1) is 51.3. The van der Waals surface area contributed by atoms with Crippen LogP contribution in [0.3, 0.4) is 0 Å². The molecule has 0 spiro atoms. The van der Waals surface area contributed by atoms with E-state index in [1.165, 1.54) is 11.6 Å². The summed E-state index contributed by atoms with van der Waals surface area (Å²) < 4.78 is 37.5. The molecule has 8 rings (SSSR count). The van der Waals surface area contributed by atoms with Gasteiger partial charge < -0.3 is 43.9 Å². The van der Waals surface area contributed by atoms with Crippen LogP contribution in [0.2, 0.25) is 0 Å². The highest BCUT2D eigenvalue weighted by Crippen LogP contribution is 2.70. The van der Waals surface area contributed by atoms with Crippen molar-refractivity contribution in [3.8, 4) is 5.75 Å². The topological polar surface area (TPSA) is 201 Å². The molecule has 4 aliphatic carbocycles. The number of carbonyl (C=O) groups is 2. The molecule has 3 saturated carbocycles. The van der Waals surface area contributed by atoms with Crippen molar-refractivity contribution in [1.29, 1.82) is 0 Å². The van der Waals surface area contributed by atoms with E-state index in [0.717, 1.165) is 83.1 Å². The second-order valence-corrected chi connectivity index (χ2v) is 22.7. The minimum absolute atomic E-state index is 0.0126. The number of Topliss-reactive ketones (excluding diaryl/α,β-unsaturated/α-hetero) is 1. The van der Waals surface area contributed by atoms with Crippen LogP contribution >= 0.6 is 7.82 Å². The molecule has 2 heterocycles. The maximum atomic E-state index is 14.1. The maximum Gasteiger partial charge on any atom is 0.524 e. The standard InChI is InChI=1S/C53H75N2O12P/c1-51-23-20-41(57)30-40(51)18-19-42-43-31-48-53(47(60)35-56,52(43,2)32-44(58)49(42)51)66-50(65-48)37-21-25-55(3,26-22-37)34-39-17-16-38(29-46(39)67-68(61,62)63)45(59)33-54-24-10-4-5-11-27-64-28-12-9-15-36-13-7-6-8-14-36/h6-8,13-14,16-17,20,23,29-30,37,42-45,48-50,54,56,58-59H,4-5,9-12,15,18-19,21-22,24-28,31-35H2,1-3H3,(H-,61,62,63)/p+1/t37?,42-,43-,44-,45?,48+,49+,50?,51-,52-,53+,55?/m0/s1. The molecule has 0 amide bonds. The van der Waals surface area contributed by atoms with Gasteiger partial charge in [0.05, 0.1) is 38.4 Å². The van der Waals surface area contributed by atoms with E-state index in [4.69, 9.17) is 18.7 Å². The lowest BCUT2D eigenvalue weighted by molar-refractivity contribution is -0.928. The van der Waals surface area contributed by atoms with Gasteiger partial charge in [0.2, 0.25) is 0 Å². The van der Waals surface area contributed by atoms with Crippen molar-refractivity contribution in [3.63, 3.8) is 0 Å².